The average molecular weight is 585 g/mol. The van der Waals surface area contributed by atoms with Crippen LogP contribution >= 0.6 is 7.57 Å². The molecule has 0 saturated heterocycles. The Morgan fingerprint density at radius 3 is 2.51 bits per heavy atom. The van der Waals surface area contributed by atoms with E-state index in [0.29, 0.717) is 12.4 Å². The van der Waals surface area contributed by atoms with Gasteiger partial charge in [-0.3, -0.25) is 5.41 Å². The van der Waals surface area contributed by atoms with Gasteiger partial charge in [-0.05, 0) is 75.5 Å². The number of benzene rings is 2. The average Bonchev–Trinajstić information content (AvgIpc) is 2.94. The van der Waals surface area contributed by atoms with Crippen molar-refractivity contribution in [1.82, 2.24) is 0 Å². The lowest BCUT2D eigenvalue weighted by atomic mass is 9.69. The Bertz CT molecular complexity index is 1220. The zero-order chi connectivity index (χ0) is 29.9. The number of nitrogens with one attached hydrogen (secondary N) is 1. The molecule has 2 aromatic rings. The van der Waals surface area contributed by atoms with Crippen molar-refractivity contribution in [2.24, 2.45) is 5.73 Å². The first-order chi connectivity index (χ1) is 19.6. The van der Waals surface area contributed by atoms with Crippen molar-refractivity contribution in [3.63, 3.8) is 0 Å². The summed E-state index contributed by atoms with van der Waals surface area (Å²) in [6.45, 7) is 9.22. The molecule has 0 bridgehead atoms. The highest BCUT2D eigenvalue weighted by Gasteiger charge is 2.40. The molecular weight excluding hydrogens is 535 g/mol. The van der Waals surface area contributed by atoms with Gasteiger partial charge in [0.1, 0.15) is 11.5 Å². The first-order valence-corrected chi connectivity index (χ1v) is 16.7. The second-order valence-corrected chi connectivity index (χ2v) is 12.8. The summed E-state index contributed by atoms with van der Waals surface area (Å²) in [5.41, 5.74) is 10.8. The van der Waals surface area contributed by atoms with Gasteiger partial charge in [0.05, 0.1) is 19.8 Å². The summed E-state index contributed by atoms with van der Waals surface area (Å²) < 4.78 is 23.6. The molecule has 1 aliphatic carbocycles. The Kier molecular flexibility index (Phi) is 12.7. The van der Waals surface area contributed by atoms with E-state index in [0.717, 1.165) is 67.4 Å². The minimum absolute atomic E-state index is 0.00922. The molecule has 0 saturated carbocycles. The van der Waals surface area contributed by atoms with E-state index in [-0.39, 0.29) is 31.5 Å². The predicted molar refractivity (Wildman–Crippen MR) is 170 cm³/mol. The van der Waals surface area contributed by atoms with Gasteiger partial charge in [-0.2, -0.15) is 0 Å². The van der Waals surface area contributed by atoms with E-state index in [1.165, 1.54) is 5.57 Å². The standard InChI is InChI=1S/C33H49N2O5P/c1-6-9-11-16-27-22-29(37-8-3)32(28-21-25(4)17-19-33(28,35)7-2)30(23-27)40-31(34)18-20-38-41(5,36)39-24-26-14-12-10-13-15-26/h10,12-15,17,22-23,28,34,36H,5-9,11,16,18-21,24,35H2,1-4H3/t28?,33-,41?/m0/s1. The van der Waals surface area contributed by atoms with E-state index in [1.54, 1.807) is 0 Å². The molecule has 3 atom stereocenters. The molecule has 7 nitrogen and oxygen atoms in total. The molecule has 0 aliphatic heterocycles. The first-order valence-electron chi connectivity index (χ1n) is 14.9. The van der Waals surface area contributed by atoms with Crippen molar-refractivity contribution in [1.29, 1.82) is 5.41 Å². The van der Waals surface area contributed by atoms with Crippen LogP contribution in [0.3, 0.4) is 0 Å². The van der Waals surface area contributed by atoms with Crippen molar-refractivity contribution in [2.75, 3.05) is 13.2 Å². The van der Waals surface area contributed by atoms with Crippen LogP contribution in [0.15, 0.2) is 54.1 Å². The molecule has 0 spiro atoms. The molecule has 0 amide bonds. The van der Waals surface area contributed by atoms with Crippen molar-refractivity contribution >= 4 is 19.8 Å². The van der Waals surface area contributed by atoms with Crippen molar-refractivity contribution in [3.05, 3.63) is 70.8 Å². The quantitative estimate of drug-likeness (QED) is 0.0608. The van der Waals surface area contributed by atoms with E-state index in [4.69, 9.17) is 29.7 Å². The summed E-state index contributed by atoms with van der Waals surface area (Å²) in [5.74, 6) is 1.43. The number of allylic oxidation sites excluding steroid dienone is 1. The second kappa shape index (κ2) is 15.7. The van der Waals surface area contributed by atoms with Gasteiger partial charge in [-0.15, -0.1) is 0 Å². The number of unbranched alkanes of at least 4 members (excludes halogenated alkanes) is 2. The number of hydrogen-bond acceptors (Lipinski definition) is 7. The molecule has 226 valence electrons. The highest BCUT2D eigenvalue weighted by atomic mass is 31.2. The van der Waals surface area contributed by atoms with Crippen LogP contribution in [0.5, 0.6) is 11.5 Å². The number of hydrogen-bond donors (Lipinski definition) is 3. The van der Waals surface area contributed by atoms with Gasteiger partial charge >= 0.3 is 0 Å². The van der Waals surface area contributed by atoms with Crippen LogP contribution in [0.4, 0.5) is 0 Å². The predicted octanol–water partition coefficient (Wildman–Crippen LogP) is 7.92. The summed E-state index contributed by atoms with van der Waals surface area (Å²) >= 11 is 0. The Hall–Kier alpha value is -2.41. The Morgan fingerprint density at radius 2 is 1.83 bits per heavy atom. The topological polar surface area (TPSA) is 107 Å². The molecule has 1 aliphatic rings. The van der Waals surface area contributed by atoms with Gasteiger partial charge in [0.25, 0.3) is 0 Å². The fourth-order valence-electron chi connectivity index (χ4n) is 5.23. The van der Waals surface area contributed by atoms with Gasteiger partial charge in [-0.1, -0.05) is 68.7 Å². The Morgan fingerprint density at radius 1 is 1.10 bits per heavy atom. The molecule has 2 aromatic carbocycles. The van der Waals surface area contributed by atoms with Gasteiger partial charge < -0.3 is 29.1 Å². The SMILES string of the molecule is C=P(O)(OCCC(=N)Oc1cc(CCCCC)cc(OCC)c1C1CC(C)=CC[C@@]1(N)CC)OCc1ccccc1. The van der Waals surface area contributed by atoms with Gasteiger partial charge in [0.2, 0.25) is 7.57 Å². The lowest BCUT2D eigenvalue weighted by molar-refractivity contribution is 0.191. The molecule has 4 N–H and O–H groups in total. The summed E-state index contributed by atoms with van der Waals surface area (Å²) in [6.07, 6.45) is 12.8. The number of ether oxygens (including phenoxy) is 2. The zero-order valence-corrected chi connectivity index (χ0v) is 26.2. The van der Waals surface area contributed by atoms with Gasteiger partial charge in [0.15, 0.2) is 5.90 Å². The van der Waals surface area contributed by atoms with Gasteiger partial charge in [-0.25, -0.2) is 0 Å². The third-order valence-corrected chi connectivity index (χ3v) is 8.84. The van der Waals surface area contributed by atoms with Crippen LogP contribution < -0.4 is 15.2 Å². The van der Waals surface area contributed by atoms with Gasteiger partial charge in [0, 0.05) is 23.4 Å². The van der Waals surface area contributed by atoms with Crippen LogP contribution in [0, 0.1) is 5.41 Å². The summed E-state index contributed by atoms with van der Waals surface area (Å²) in [6, 6.07) is 13.7. The maximum atomic E-state index is 10.5. The Labute approximate surface area is 246 Å². The summed E-state index contributed by atoms with van der Waals surface area (Å²) in [5, 5.41) is 8.66. The molecule has 0 fully saturated rings. The molecule has 8 heteroatoms. The van der Waals surface area contributed by atoms with Crippen molar-refractivity contribution < 1.29 is 23.4 Å². The molecular formula is C33H49N2O5P. The lowest BCUT2D eigenvalue weighted by Gasteiger charge is -2.41. The van der Waals surface area contributed by atoms with E-state index in [9.17, 15) is 4.89 Å². The lowest BCUT2D eigenvalue weighted by Crippen LogP contribution is -2.46. The fraction of sp³-hybridized carbons (Fsp3) is 0.515. The van der Waals surface area contributed by atoms with E-state index < -0.39 is 13.1 Å². The smallest absolute Gasteiger partial charge is 0.248 e. The monoisotopic (exact) mass is 584 g/mol. The highest BCUT2D eigenvalue weighted by Crippen LogP contribution is 2.49. The number of rotatable bonds is 16. The minimum atomic E-state index is -3.29. The summed E-state index contributed by atoms with van der Waals surface area (Å²) in [4.78, 5) is 10.5. The molecule has 0 radical (unpaired) electrons. The maximum Gasteiger partial charge on any atom is 0.248 e. The fourth-order valence-corrected chi connectivity index (χ4v) is 6.03. The van der Waals surface area contributed by atoms with Crippen LogP contribution in [0.25, 0.3) is 0 Å². The van der Waals surface area contributed by atoms with Crippen LogP contribution in [0.1, 0.15) is 95.2 Å². The number of nitrogens with two attached hydrogens (primary N) is 1. The van der Waals surface area contributed by atoms with E-state index >= 15 is 0 Å². The van der Waals surface area contributed by atoms with Crippen molar-refractivity contribution in [3.8, 4) is 11.5 Å². The van der Waals surface area contributed by atoms with Crippen LogP contribution in [-0.4, -0.2) is 35.8 Å². The summed E-state index contributed by atoms with van der Waals surface area (Å²) in [7, 11) is -3.29. The first kappa shape index (κ1) is 33.1. The van der Waals surface area contributed by atoms with Crippen molar-refractivity contribution in [2.45, 2.75) is 97.1 Å². The molecule has 0 heterocycles. The normalized spacial score (nSPS) is 20.2. The zero-order valence-electron chi connectivity index (χ0n) is 25.3. The largest absolute Gasteiger partial charge is 0.493 e. The highest BCUT2D eigenvalue weighted by molar-refractivity contribution is 7.58. The van der Waals surface area contributed by atoms with Crippen LogP contribution in [-0.2, 0) is 22.1 Å². The molecule has 41 heavy (non-hydrogen) atoms. The third-order valence-electron chi connectivity index (χ3n) is 7.72. The molecule has 2 unspecified atom stereocenters. The number of aryl methyl sites for hydroxylation is 1. The van der Waals surface area contributed by atoms with Crippen LogP contribution in [0.2, 0.25) is 0 Å². The minimum Gasteiger partial charge on any atom is -0.493 e. The third kappa shape index (κ3) is 9.83. The second-order valence-electron chi connectivity index (χ2n) is 11.0. The Balaban J connectivity index is 1.80. The molecule has 0 aromatic heterocycles. The molecule has 3 rings (SSSR count). The maximum absolute atomic E-state index is 10.5. The van der Waals surface area contributed by atoms with E-state index in [1.807, 2.05) is 37.3 Å². The van der Waals surface area contributed by atoms with E-state index in [2.05, 4.69) is 45.3 Å².